The summed E-state index contributed by atoms with van der Waals surface area (Å²) < 4.78 is -0.821. The molecule has 3 rings (SSSR count). The molecule has 0 atom stereocenters. The molecule has 0 N–H and O–H groups in total. The van der Waals surface area contributed by atoms with E-state index in [4.69, 9.17) is 0 Å². The van der Waals surface area contributed by atoms with Crippen molar-refractivity contribution in [3.8, 4) is 0 Å². The summed E-state index contributed by atoms with van der Waals surface area (Å²) in [5, 5.41) is 0. The first-order valence-electron chi connectivity index (χ1n) is 8.08. The van der Waals surface area contributed by atoms with Gasteiger partial charge in [0.15, 0.2) is 0 Å². The van der Waals surface area contributed by atoms with Crippen molar-refractivity contribution in [2.24, 2.45) is 0 Å². The highest BCUT2D eigenvalue weighted by molar-refractivity contribution is 9.25. The number of hydrogen-bond donors (Lipinski definition) is 0. The molecule has 4 nitrogen and oxygen atoms in total. The highest BCUT2D eigenvalue weighted by atomic mass is 79.9. The van der Waals surface area contributed by atoms with Crippen molar-refractivity contribution in [1.82, 2.24) is 9.80 Å². The summed E-state index contributed by atoms with van der Waals surface area (Å²) in [7, 11) is 0. The second-order valence-electron chi connectivity index (χ2n) is 6.44. The normalized spacial score (nSPS) is 28.5. The van der Waals surface area contributed by atoms with E-state index in [1.165, 1.54) is 12.8 Å². The molecule has 0 aromatic heterocycles. The number of nitrogens with zero attached hydrogens (tertiary/aromatic N) is 2. The van der Waals surface area contributed by atoms with Crippen LogP contribution in [0.2, 0.25) is 0 Å². The van der Waals surface area contributed by atoms with Gasteiger partial charge in [0, 0.05) is 12.1 Å². The topological polar surface area (TPSA) is 40.6 Å². The Balaban J connectivity index is 1.85. The molecule has 3 aliphatic rings. The molecule has 0 aromatic rings. The van der Waals surface area contributed by atoms with Crippen molar-refractivity contribution in [1.29, 1.82) is 0 Å². The van der Waals surface area contributed by atoms with Crippen LogP contribution in [0.25, 0.3) is 0 Å². The van der Waals surface area contributed by atoms with E-state index < -0.39 is 3.48 Å². The summed E-state index contributed by atoms with van der Waals surface area (Å²) in [6.07, 6.45) is 11.0. The van der Waals surface area contributed by atoms with Gasteiger partial charge in [-0.15, -0.1) is 0 Å². The van der Waals surface area contributed by atoms with Gasteiger partial charge < -0.3 is 0 Å². The summed E-state index contributed by atoms with van der Waals surface area (Å²) in [4.78, 5) is 28.6. The fourth-order valence-electron chi connectivity index (χ4n) is 4.02. The number of rotatable bonds is 2. The zero-order valence-electron chi connectivity index (χ0n) is 12.2. The maximum absolute atomic E-state index is 12.5. The molecule has 1 heterocycles. The molecule has 1 saturated heterocycles. The number of alkyl halides is 2. The molecule has 0 aromatic carbocycles. The maximum Gasteiger partial charge on any atom is 0.315 e. The zero-order chi connectivity index (χ0) is 15.0. The SMILES string of the molecule is O=C1C(=O)N(C2CCCCC2)C(Br)(Br)N1C1CCCCC1. The Labute approximate surface area is 142 Å². The van der Waals surface area contributed by atoms with Crippen LogP contribution >= 0.6 is 31.9 Å². The van der Waals surface area contributed by atoms with Crippen LogP contribution in [0.1, 0.15) is 64.2 Å². The summed E-state index contributed by atoms with van der Waals surface area (Å²) in [6.45, 7) is 0. The molecule has 0 unspecified atom stereocenters. The second kappa shape index (κ2) is 6.19. The van der Waals surface area contributed by atoms with E-state index in [1.54, 1.807) is 9.80 Å². The molecule has 6 heteroatoms. The third-order valence-electron chi connectivity index (χ3n) is 5.08. The molecule has 0 radical (unpaired) electrons. The lowest BCUT2D eigenvalue weighted by molar-refractivity contribution is -0.145. The fourth-order valence-corrected chi connectivity index (χ4v) is 5.82. The predicted molar refractivity (Wildman–Crippen MR) is 88.0 cm³/mol. The molecule has 2 aliphatic carbocycles. The first kappa shape index (κ1) is 15.8. The minimum Gasteiger partial charge on any atom is -0.290 e. The van der Waals surface area contributed by atoms with Gasteiger partial charge in [0.1, 0.15) is 0 Å². The van der Waals surface area contributed by atoms with Crippen molar-refractivity contribution >= 4 is 43.7 Å². The van der Waals surface area contributed by atoms with Gasteiger partial charge in [-0.3, -0.25) is 19.4 Å². The number of carbonyl (C=O) groups is 2. The van der Waals surface area contributed by atoms with Gasteiger partial charge in [-0.1, -0.05) is 38.5 Å². The molecular formula is C15H22Br2N2O2. The van der Waals surface area contributed by atoms with Gasteiger partial charge in [0.25, 0.3) is 0 Å². The minimum atomic E-state index is -0.821. The summed E-state index contributed by atoms with van der Waals surface area (Å²) in [6, 6.07) is 0.338. The number of carbonyl (C=O) groups excluding carboxylic acids is 2. The van der Waals surface area contributed by atoms with Gasteiger partial charge >= 0.3 is 11.8 Å². The van der Waals surface area contributed by atoms with Crippen LogP contribution in [-0.2, 0) is 9.59 Å². The number of amides is 2. The molecule has 2 saturated carbocycles. The van der Waals surface area contributed by atoms with Crippen molar-refractivity contribution in [3.05, 3.63) is 0 Å². The first-order chi connectivity index (χ1) is 10.0. The van der Waals surface area contributed by atoms with E-state index in [9.17, 15) is 9.59 Å². The Morgan fingerprint density at radius 2 is 1.05 bits per heavy atom. The average Bonchev–Trinajstić information content (AvgIpc) is 2.66. The van der Waals surface area contributed by atoms with Crippen LogP contribution in [-0.4, -0.2) is 37.2 Å². The lowest BCUT2D eigenvalue weighted by Crippen LogP contribution is -2.52. The van der Waals surface area contributed by atoms with E-state index in [0.717, 1.165) is 51.4 Å². The Hall–Kier alpha value is -0.100. The van der Waals surface area contributed by atoms with Crippen LogP contribution in [0.4, 0.5) is 0 Å². The Kier molecular flexibility index (Phi) is 4.65. The third kappa shape index (κ3) is 2.78. The van der Waals surface area contributed by atoms with Crippen molar-refractivity contribution in [2.45, 2.75) is 79.8 Å². The average molecular weight is 422 g/mol. The van der Waals surface area contributed by atoms with E-state index in [0.29, 0.717) is 0 Å². The highest BCUT2D eigenvalue weighted by Crippen LogP contribution is 2.46. The molecular weight excluding hydrogens is 400 g/mol. The van der Waals surface area contributed by atoms with Gasteiger partial charge in [0.2, 0.25) is 3.48 Å². The maximum atomic E-state index is 12.5. The van der Waals surface area contributed by atoms with E-state index >= 15 is 0 Å². The monoisotopic (exact) mass is 420 g/mol. The lowest BCUT2D eigenvalue weighted by Gasteiger charge is -2.43. The number of hydrogen-bond acceptors (Lipinski definition) is 2. The van der Waals surface area contributed by atoms with Crippen molar-refractivity contribution < 1.29 is 9.59 Å². The smallest absolute Gasteiger partial charge is 0.290 e. The van der Waals surface area contributed by atoms with Gasteiger partial charge in [-0.25, -0.2) is 0 Å². The van der Waals surface area contributed by atoms with E-state index in [2.05, 4.69) is 31.9 Å². The van der Waals surface area contributed by atoms with Gasteiger partial charge in [-0.05, 0) is 57.5 Å². The molecule has 3 fully saturated rings. The largest absolute Gasteiger partial charge is 0.315 e. The highest BCUT2D eigenvalue weighted by Gasteiger charge is 2.58. The van der Waals surface area contributed by atoms with E-state index in [1.807, 2.05) is 0 Å². The van der Waals surface area contributed by atoms with Crippen LogP contribution < -0.4 is 0 Å². The zero-order valence-corrected chi connectivity index (χ0v) is 15.4. The minimum absolute atomic E-state index is 0.169. The Morgan fingerprint density at radius 1 is 0.714 bits per heavy atom. The first-order valence-corrected chi connectivity index (χ1v) is 9.67. The van der Waals surface area contributed by atoms with Crippen molar-refractivity contribution in [3.63, 3.8) is 0 Å². The predicted octanol–water partition coefficient (Wildman–Crippen LogP) is 3.72. The Bertz CT molecular complexity index is 391. The molecule has 1 aliphatic heterocycles. The summed E-state index contributed by atoms with van der Waals surface area (Å²) >= 11 is 7.31. The lowest BCUT2D eigenvalue weighted by atomic mass is 9.94. The summed E-state index contributed by atoms with van der Waals surface area (Å²) in [5.41, 5.74) is 0. The summed E-state index contributed by atoms with van der Waals surface area (Å²) in [5.74, 6) is -0.692. The molecule has 0 spiro atoms. The van der Waals surface area contributed by atoms with E-state index in [-0.39, 0.29) is 23.9 Å². The van der Waals surface area contributed by atoms with Crippen LogP contribution in [0.3, 0.4) is 0 Å². The molecule has 21 heavy (non-hydrogen) atoms. The van der Waals surface area contributed by atoms with Crippen molar-refractivity contribution in [2.75, 3.05) is 0 Å². The quantitative estimate of drug-likeness (QED) is 0.387. The van der Waals surface area contributed by atoms with Gasteiger partial charge in [0.05, 0.1) is 0 Å². The van der Waals surface area contributed by atoms with Crippen LogP contribution in [0.5, 0.6) is 0 Å². The molecule has 118 valence electrons. The van der Waals surface area contributed by atoms with Crippen LogP contribution in [0, 0.1) is 0 Å². The number of halogens is 2. The fraction of sp³-hybridized carbons (Fsp3) is 0.867. The standard InChI is InChI=1S/C15H22Br2N2O2/c16-15(17)18(11-7-3-1-4-8-11)13(20)14(21)19(15)12-9-5-2-6-10-12/h11-12H,1-10H2. The molecule has 0 bridgehead atoms. The third-order valence-corrected chi connectivity index (χ3v) is 6.61. The Morgan fingerprint density at radius 3 is 1.38 bits per heavy atom. The molecule has 2 amide bonds. The second-order valence-corrected chi connectivity index (χ2v) is 9.72. The van der Waals surface area contributed by atoms with Gasteiger partial charge in [-0.2, -0.15) is 0 Å². The van der Waals surface area contributed by atoms with Crippen LogP contribution in [0.15, 0.2) is 0 Å².